The minimum atomic E-state index is -0.415. The number of likely N-dealkylation sites (N-methyl/N-ethyl adjacent to an activating group) is 1. The number of aryl methyl sites for hydroxylation is 1. The zero-order valence-corrected chi connectivity index (χ0v) is 24.6. The summed E-state index contributed by atoms with van der Waals surface area (Å²) in [5.41, 5.74) is 9.14. The lowest BCUT2D eigenvalue weighted by atomic mass is 9.63. The minimum absolute atomic E-state index is 0.0618. The number of nitriles is 1. The number of nitrogens with one attached hydrogen (secondary N) is 1. The number of nitrogens with zero attached hydrogens (tertiary/aromatic N) is 7. The van der Waals surface area contributed by atoms with E-state index in [-0.39, 0.29) is 6.10 Å². The fourth-order valence-electron chi connectivity index (χ4n) is 7.17. The van der Waals surface area contributed by atoms with Crippen molar-refractivity contribution in [1.82, 2.24) is 30.0 Å². The molecule has 0 aromatic carbocycles. The van der Waals surface area contributed by atoms with Crippen LogP contribution in [0.2, 0.25) is 0 Å². The highest BCUT2D eigenvalue weighted by Crippen LogP contribution is 2.55. The molecule has 2 aliphatic carbocycles. The fourth-order valence-corrected chi connectivity index (χ4v) is 8.33. The maximum Gasteiger partial charge on any atom is 0.219 e. The van der Waals surface area contributed by atoms with Crippen LogP contribution in [0.15, 0.2) is 29.2 Å². The molecule has 4 aromatic heterocycles. The van der Waals surface area contributed by atoms with Crippen molar-refractivity contribution in [2.24, 2.45) is 0 Å². The van der Waals surface area contributed by atoms with E-state index in [9.17, 15) is 5.26 Å². The molecule has 12 heteroatoms. The third-order valence-corrected chi connectivity index (χ3v) is 10.1. The Balaban J connectivity index is 1.31. The van der Waals surface area contributed by atoms with Gasteiger partial charge in [0.15, 0.2) is 17.3 Å². The predicted octanol–water partition coefficient (Wildman–Crippen LogP) is 5.00. The average Bonchev–Trinajstić information content (AvgIpc) is 3.70. The van der Waals surface area contributed by atoms with Gasteiger partial charge in [-0.1, -0.05) is 5.16 Å². The molecule has 3 N–H and O–H groups in total. The standard InChI is InChI=1S/C30H33N9O2S/c1-17(20-7-5-13-39(20)2)40-24-14-22(35-23-16-33-11-12-34-23)36-29(37-24)26-18-6-3-9-30(27(18)41-38-26)10-4-8-21-25(30)19(15-31)28(32)42-21/h11-12,14,16-17,20H,3-10,13,32H2,1-2H3,(H,34,35,36,37)/t17-,20-,30-/m0/s1. The van der Waals surface area contributed by atoms with Crippen molar-refractivity contribution in [2.75, 3.05) is 24.6 Å². The first-order chi connectivity index (χ1) is 20.5. The third kappa shape index (κ3) is 4.48. The fraction of sp³-hybridized carbons (Fsp3) is 0.467. The Morgan fingerprint density at radius 2 is 2.07 bits per heavy atom. The van der Waals surface area contributed by atoms with Gasteiger partial charge in [0.1, 0.15) is 28.8 Å². The molecule has 3 atom stereocenters. The van der Waals surface area contributed by atoms with E-state index in [2.05, 4.69) is 45.4 Å². The normalized spacial score (nSPS) is 22.4. The van der Waals surface area contributed by atoms with Crippen molar-refractivity contribution < 1.29 is 9.26 Å². The maximum absolute atomic E-state index is 10.0. The van der Waals surface area contributed by atoms with Gasteiger partial charge in [-0.15, -0.1) is 11.3 Å². The molecule has 11 nitrogen and oxygen atoms in total. The number of aromatic nitrogens is 5. The Morgan fingerprint density at radius 3 is 2.83 bits per heavy atom. The number of anilines is 3. The highest BCUT2D eigenvalue weighted by Gasteiger charge is 2.48. The number of fused-ring (bicyclic) bond motifs is 4. The number of hydrogen-bond donors (Lipinski definition) is 2. The van der Waals surface area contributed by atoms with Crippen LogP contribution < -0.4 is 15.8 Å². The van der Waals surface area contributed by atoms with E-state index in [0.29, 0.717) is 45.6 Å². The topological polar surface area (TPSA) is 152 Å². The molecule has 5 heterocycles. The van der Waals surface area contributed by atoms with E-state index < -0.39 is 5.41 Å². The summed E-state index contributed by atoms with van der Waals surface area (Å²) in [6, 6.07) is 4.49. The van der Waals surface area contributed by atoms with Gasteiger partial charge in [0.25, 0.3) is 0 Å². The van der Waals surface area contributed by atoms with Gasteiger partial charge < -0.3 is 20.3 Å². The zero-order chi connectivity index (χ0) is 28.8. The largest absolute Gasteiger partial charge is 0.473 e. The summed E-state index contributed by atoms with van der Waals surface area (Å²) in [7, 11) is 2.14. The van der Waals surface area contributed by atoms with Crippen LogP contribution in [0.5, 0.6) is 5.88 Å². The van der Waals surface area contributed by atoms with Crippen LogP contribution in [-0.2, 0) is 18.3 Å². The van der Waals surface area contributed by atoms with E-state index >= 15 is 0 Å². The van der Waals surface area contributed by atoms with Crippen LogP contribution in [0.25, 0.3) is 11.5 Å². The van der Waals surface area contributed by atoms with Crippen LogP contribution in [0.4, 0.5) is 16.6 Å². The number of hydrogen-bond acceptors (Lipinski definition) is 12. The van der Waals surface area contributed by atoms with Crippen LogP contribution in [-0.4, -0.2) is 55.7 Å². The van der Waals surface area contributed by atoms with E-state index in [1.807, 2.05) is 0 Å². The molecule has 1 aliphatic heterocycles. The Labute approximate surface area is 248 Å². The molecule has 0 unspecified atom stereocenters. The van der Waals surface area contributed by atoms with Gasteiger partial charge in [-0.3, -0.25) is 9.88 Å². The smallest absolute Gasteiger partial charge is 0.219 e. The molecule has 216 valence electrons. The van der Waals surface area contributed by atoms with Crippen LogP contribution in [0, 0.1) is 11.3 Å². The number of likely N-dealkylation sites (tertiary alicyclic amines) is 1. The van der Waals surface area contributed by atoms with Gasteiger partial charge in [-0.25, -0.2) is 9.97 Å². The van der Waals surface area contributed by atoms with Gasteiger partial charge in [-0.05, 0) is 77.4 Å². The monoisotopic (exact) mass is 583 g/mol. The number of nitrogen functional groups attached to an aromatic ring is 1. The first-order valence-corrected chi connectivity index (χ1v) is 15.4. The Hall–Kier alpha value is -4.08. The summed E-state index contributed by atoms with van der Waals surface area (Å²) in [6.45, 7) is 3.15. The maximum atomic E-state index is 10.0. The van der Waals surface area contributed by atoms with E-state index in [0.717, 1.165) is 74.8 Å². The van der Waals surface area contributed by atoms with E-state index in [4.69, 9.17) is 25.0 Å². The second-order valence-corrected chi connectivity index (χ2v) is 12.7. The molecule has 0 bridgehead atoms. The summed E-state index contributed by atoms with van der Waals surface area (Å²) < 4.78 is 12.7. The van der Waals surface area contributed by atoms with Crippen molar-refractivity contribution in [3.8, 4) is 23.5 Å². The van der Waals surface area contributed by atoms with Crippen molar-refractivity contribution in [1.29, 1.82) is 5.26 Å². The highest BCUT2D eigenvalue weighted by molar-refractivity contribution is 7.16. The molecule has 1 spiro atoms. The molecule has 42 heavy (non-hydrogen) atoms. The molecule has 1 saturated heterocycles. The van der Waals surface area contributed by atoms with Crippen LogP contribution >= 0.6 is 11.3 Å². The Morgan fingerprint density at radius 1 is 1.21 bits per heavy atom. The molecular formula is C30H33N9O2S. The zero-order valence-electron chi connectivity index (χ0n) is 23.8. The average molecular weight is 584 g/mol. The second kappa shape index (κ2) is 10.6. The van der Waals surface area contributed by atoms with Gasteiger partial charge in [0.05, 0.1) is 17.2 Å². The van der Waals surface area contributed by atoms with Crippen LogP contribution in [0.1, 0.15) is 72.8 Å². The molecule has 7 rings (SSSR count). The SMILES string of the molecule is C[C@H](Oc1cc(Nc2cnccn2)nc(-c2noc3c2CCC[C@@]32CCCc3sc(N)c(C#N)c32)n1)[C@@H]1CCCN1C. The van der Waals surface area contributed by atoms with Crippen molar-refractivity contribution in [2.45, 2.75) is 75.9 Å². The van der Waals surface area contributed by atoms with E-state index in [1.54, 1.807) is 24.7 Å². The number of rotatable bonds is 6. The first-order valence-electron chi connectivity index (χ1n) is 14.6. The number of nitrogens with two attached hydrogens (primary N) is 1. The summed E-state index contributed by atoms with van der Waals surface area (Å²) in [6.07, 6.45) is 12.5. The van der Waals surface area contributed by atoms with Gasteiger partial charge in [0, 0.05) is 34.9 Å². The summed E-state index contributed by atoms with van der Waals surface area (Å²) in [5.74, 6) is 2.79. The Bertz CT molecular complexity index is 1660. The predicted molar refractivity (Wildman–Crippen MR) is 159 cm³/mol. The van der Waals surface area contributed by atoms with Gasteiger partial charge in [0.2, 0.25) is 5.88 Å². The lowest BCUT2D eigenvalue weighted by molar-refractivity contribution is 0.117. The lowest BCUT2D eigenvalue weighted by Crippen LogP contribution is -2.38. The minimum Gasteiger partial charge on any atom is -0.473 e. The van der Waals surface area contributed by atoms with Crippen molar-refractivity contribution in [3.63, 3.8) is 0 Å². The molecule has 3 aliphatic rings. The summed E-state index contributed by atoms with van der Waals surface area (Å²) in [4.78, 5) is 21.7. The highest BCUT2D eigenvalue weighted by atomic mass is 32.1. The lowest BCUT2D eigenvalue weighted by Gasteiger charge is -2.39. The van der Waals surface area contributed by atoms with Crippen molar-refractivity contribution >= 4 is 28.0 Å². The number of thiophene rings is 1. The first kappa shape index (κ1) is 26.8. The van der Waals surface area contributed by atoms with E-state index in [1.165, 1.54) is 16.2 Å². The second-order valence-electron chi connectivity index (χ2n) is 11.5. The molecule has 4 aromatic rings. The molecule has 0 radical (unpaired) electrons. The van der Waals surface area contributed by atoms with Crippen molar-refractivity contribution in [3.05, 3.63) is 52.0 Å². The molecule has 0 amide bonds. The summed E-state index contributed by atoms with van der Waals surface area (Å²) >= 11 is 1.54. The quantitative estimate of drug-likeness (QED) is 0.315. The van der Waals surface area contributed by atoms with Gasteiger partial charge in [-0.2, -0.15) is 10.2 Å². The van der Waals surface area contributed by atoms with Gasteiger partial charge >= 0.3 is 0 Å². The summed E-state index contributed by atoms with van der Waals surface area (Å²) in [5, 5.41) is 18.4. The molecule has 1 fully saturated rings. The Kier molecular flexibility index (Phi) is 6.79. The molecular weight excluding hydrogens is 550 g/mol. The van der Waals surface area contributed by atoms with Crippen LogP contribution in [0.3, 0.4) is 0 Å². The third-order valence-electron chi connectivity index (χ3n) is 9.02. The molecule has 0 saturated carbocycles. The number of ether oxygens (including phenoxy) is 1.